The Morgan fingerprint density at radius 1 is 1.15 bits per heavy atom. The molecule has 0 radical (unpaired) electrons. The average molecular weight is 287 g/mol. The second-order valence-electron chi connectivity index (χ2n) is 4.64. The SMILES string of the molecule is C1CCNCC1.CO[C@H](C)c1cccc(OC(F)F)c1. The van der Waals surface area contributed by atoms with E-state index in [9.17, 15) is 8.78 Å². The maximum Gasteiger partial charge on any atom is 0.387 e. The lowest BCUT2D eigenvalue weighted by Crippen LogP contribution is -2.21. The predicted octanol–water partition coefficient (Wildman–Crippen LogP) is 3.76. The molecule has 1 aliphatic heterocycles. The van der Waals surface area contributed by atoms with Crippen molar-refractivity contribution in [3.05, 3.63) is 29.8 Å². The van der Waals surface area contributed by atoms with Crippen molar-refractivity contribution in [2.24, 2.45) is 0 Å². The first kappa shape index (κ1) is 16.9. The summed E-state index contributed by atoms with van der Waals surface area (Å²) in [6.45, 7) is 1.55. The Labute approximate surface area is 119 Å². The van der Waals surface area contributed by atoms with Gasteiger partial charge in [0, 0.05) is 7.11 Å². The van der Waals surface area contributed by atoms with Crippen LogP contribution in [0.25, 0.3) is 0 Å². The monoisotopic (exact) mass is 287 g/mol. The number of hydrogen-bond acceptors (Lipinski definition) is 3. The number of ether oxygens (including phenoxy) is 2. The van der Waals surface area contributed by atoms with Gasteiger partial charge in [-0.05, 0) is 50.6 Å². The zero-order valence-corrected chi connectivity index (χ0v) is 12.1. The number of halogens is 2. The van der Waals surface area contributed by atoms with Crippen LogP contribution in [0, 0.1) is 0 Å². The van der Waals surface area contributed by atoms with E-state index >= 15 is 0 Å². The van der Waals surface area contributed by atoms with E-state index in [0.29, 0.717) is 0 Å². The molecule has 2 rings (SSSR count). The Balaban J connectivity index is 0.000000276. The first-order chi connectivity index (χ1) is 9.63. The third-order valence-corrected chi connectivity index (χ3v) is 3.11. The van der Waals surface area contributed by atoms with Gasteiger partial charge in [0.25, 0.3) is 0 Å². The number of alkyl halides is 2. The largest absolute Gasteiger partial charge is 0.435 e. The number of nitrogens with one attached hydrogen (secondary N) is 1. The van der Waals surface area contributed by atoms with Crippen LogP contribution in [-0.2, 0) is 4.74 Å². The number of methoxy groups -OCH3 is 1. The molecule has 1 aromatic carbocycles. The first-order valence-corrected chi connectivity index (χ1v) is 6.91. The summed E-state index contributed by atoms with van der Waals surface area (Å²) in [6, 6.07) is 6.48. The summed E-state index contributed by atoms with van der Waals surface area (Å²) in [6.07, 6.45) is 4.09. The van der Waals surface area contributed by atoms with Crippen molar-refractivity contribution in [3.8, 4) is 5.75 Å². The summed E-state index contributed by atoms with van der Waals surface area (Å²) in [5, 5.41) is 3.28. The quantitative estimate of drug-likeness (QED) is 0.914. The molecule has 114 valence electrons. The van der Waals surface area contributed by atoms with Gasteiger partial charge in [-0.15, -0.1) is 0 Å². The lowest BCUT2D eigenvalue weighted by Gasteiger charge is -2.11. The summed E-state index contributed by atoms with van der Waals surface area (Å²) in [4.78, 5) is 0. The summed E-state index contributed by atoms with van der Waals surface area (Å²) in [5.74, 6) is 0.154. The van der Waals surface area contributed by atoms with Crippen molar-refractivity contribution in [1.82, 2.24) is 5.32 Å². The second-order valence-corrected chi connectivity index (χ2v) is 4.64. The van der Waals surface area contributed by atoms with Gasteiger partial charge in [0.2, 0.25) is 0 Å². The minimum Gasteiger partial charge on any atom is -0.435 e. The van der Waals surface area contributed by atoms with Crippen LogP contribution < -0.4 is 10.1 Å². The molecule has 20 heavy (non-hydrogen) atoms. The molecule has 3 nitrogen and oxygen atoms in total. The fourth-order valence-electron chi connectivity index (χ4n) is 1.88. The highest BCUT2D eigenvalue weighted by atomic mass is 19.3. The van der Waals surface area contributed by atoms with Gasteiger partial charge in [0.15, 0.2) is 0 Å². The lowest BCUT2D eigenvalue weighted by atomic mass is 10.1. The summed E-state index contributed by atoms with van der Waals surface area (Å²) < 4.78 is 33.1. The average Bonchev–Trinajstić information content (AvgIpc) is 2.48. The van der Waals surface area contributed by atoms with Gasteiger partial charge in [-0.2, -0.15) is 8.78 Å². The molecule has 1 fully saturated rings. The molecule has 0 spiro atoms. The van der Waals surface area contributed by atoms with E-state index in [4.69, 9.17) is 4.74 Å². The normalized spacial score (nSPS) is 16.2. The second kappa shape index (κ2) is 9.66. The van der Waals surface area contributed by atoms with Crippen LogP contribution in [-0.4, -0.2) is 26.8 Å². The van der Waals surface area contributed by atoms with Gasteiger partial charge < -0.3 is 14.8 Å². The molecule has 0 bridgehead atoms. The van der Waals surface area contributed by atoms with E-state index in [1.165, 1.54) is 38.4 Å². The van der Waals surface area contributed by atoms with E-state index in [0.717, 1.165) is 5.56 Å². The molecule has 0 aliphatic carbocycles. The van der Waals surface area contributed by atoms with E-state index in [1.807, 2.05) is 6.92 Å². The fraction of sp³-hybridized carbons (Fsp3) is 0.600. The standard InChI is InChI=1S/C10H12F2O2.C5H11N/c1-7(13-2)8-4-3-5-9(6-8)14-10(11)12;1-2-4-6-5-3-1/h3-7,10H,1-2H3;6H,1-5H2/t7-;/m1./s1. The van der Waals surface area contributed by atoms with Gasteiger partial charge in [-0.25, -0.2) is 0 Å². The van der Waals surface area contributed by atoms with Crippen LogP contribution in [0.2, 0.25) is 0 Å². The zero-order chi connectivity index (χ0) is 14.8. The molecule has 0 saturated carbocycles. The molecule has 1 heterocycles. The van der Waals surface area contributed by atoms with Crippen molar-refractivity contribution < 1.29 is 18.3 Å². The van der Waals surface area contributed by atoms with Crippen molar-refractivity contribution >= 4 is 0 Å². The summed E-state index contributed by atoms with van der Waals surface area (Å²) >= 11 is 0. The molecule has 0 aromatic heterocycles. The minimum absolute atomic E-state index is 0.128. The van der Waals surface area contributed by atoms with Crippen LogP contribution in [0.5, 0.6) is 5.75 Å². The van der Waals surface area contributed by atoms with E-state index in [-0.39, 0.29) is 11.9 Å². The van der Waals surface area contributed by atoms with E-state index < -0.39 is 6.61 Å². The van der Waals surface area contributed by atoms with Gasteiger partial charge in [0.05, 0.1) is 6.10 Å². The smallest absolute Gasteiger partial charge is 0.387 e. The van der Waals surface area contributed by atoms with Crippen LogP contribution >= 0.6 is 0 Å². The lowest BCUT2D eigenvalue weighted by molar-refractivity contribution is -0.0500. The maximum absolute atomic E-state index is 11.9. The molecule has 0 amide bonds. The third-order valence-electron chi connectivity index (χ3n) is 3.11. The molecule has 0 unspecified atom stereocenters. The zero-order valence-electron chi connectivity index (χ0n) is 12.1. The van der Waals surface area contributed by atoms with Gasteiger partial charge in [-0.3, -0.25) is 0 Å². The van der Waals surface area contributed by atoms with Crippen LogP contribution in [0.15, 0.2) is 24.3 Å². The highest BCUT2D eigenvalue weighted by molar-refractivity contribution is 5.29. The van der Waals surface area contributed by atoms with Crippen molar-refractivity contribution in [2.45, 2.75) is 38.9 Å². The van der Waals surface area contributed by atoms with Crippen molar-refractivity contribution in [2.75, 3.05) is 20.2 Å². The fourth-order valence-corrected chi connectivity index (χ4v) is 1.88. The number of piperidine rings is 1. The molecule has 1 aromatic rings. The molecular formula is C15H23F2NO2. The van der Waals surface area contributed by atoms with Gasteiger partial charge in [0.1, 0.15) is 5.75 Å². The Kier molecular flexibility index (Phi) is 8.14. The van der Waals surface area contributed by atoms with Crippen LogP contribution in [0.1, 0.15) is 37.9 Å². The number of rotatable bonds is 4. The van der Waals surface area contributed by atoms with Crippen LogP contribution in [0.4, 0.5) is 8.78 Å². The molecule has 1 N–H and O–H groups in total. The highest BCUT2D eigenvalue weighted by Crippen LogP contribution is 2.22. The Bertz CT molecular complexity index is 359. The van der Waals surface area contributed by atoms with Gasteiger partial charge in [-0.1, -0.05) is 18.6 Å². The van der Waals surface area contributed by atoms with E-state index in [2.05, 4.69) is 10.1 Å². The molecule has 1 atom stereocenters. The van der Waals surface area contributed by atoms with Crippen molar-refractivity contribution in [1.29, 1.82) is 0 Å². The number of benzene rings is 1. The third kappa shape index (κ3) is 6.82. The Morgan fingerprint density at radius 2 is 1.85 bits per heavy atom. The molecule has 1 saturated heterocycles. The van der Waals surface area contributed by atoms with Crippen molar-refractivity contribution in [3.63, 3.8) is 0 Å². The van der Waals surface area contributed by atoms with E-state index in [1.54, 1.807) is 25.3 Å². The molecule has 1 aliphatic rings. The predicted molar refractivity (Wildman–Crippen MR) is 75.2 cm³/mol. The number of hydrogen-bond donors (Lipinski definition) is 1. The highest BCUT2D eigenvalue weighted by Gasteiger charge is 2.07. The Hall–Kier alpha value is -1.20. The minimum atomic E-state index is -2.79. The summed E-state index contributed by atoms with van der Waals surface area (Å²) in [5.41, 5.74) is 0.811. The summed E-state index contributed by atoms with van der Waals surface area (Å²) in [7, 11) is 1.56. The first-order valence-electron chi connectivity index (χ1n) is 6.91. The molecule has 5 heteroatoms. The molecular weight excluding hydrogens is 264 g/mol. The van der Waals surface area contributed by atoms with Gasteiger partial charge >= 0.3 is 6.61 Å². The Morgan fingerprint density at radius 3 is 2.30 bits per heavy atom. The topological polar surface area (TPSA) is 30.5 Å². The van der Waals surface area contributed by atoms with Crippen LogP contribution in [0.3, 0.4) is 0 Å². The maximum atomic E-state index is 11.9.